The molecule has 112 valence electrons. The summed E-state index contributed by atoms with van der Waals surface area (Å²) in [6.45, 7) is 3.13. The van der Waals surface area contributed by atoms with Gasteiger partial charge in [-0.05, 0) is 24.6 Å². The van der Waals surface area contributed by atoms with Gasteiger partial charge in [-0.25, -0.2) is 0 Å². The maximum Gasteiger partial charge on any atom is 0.313 e. The van der Waals surface area contributed by atoms with Crippen LogP contribution < -0.4 is 10.1 Å². The van der Waals surface area contributed by atoms with Crippen molar-refractivity contribution in [1.82, 2.24) is 10.2 Å². The lowest BCUT2D eigenvalue weighted by Gasteiger charge is -2.06. The summed E-state index contributed by atoms with van der Waals surface area (Å²) < 4.78 is 6.24. The third-order valence-corrected chi connectivity index (χ3v) is 4.36. The number of aryl methyl sites for hydroxylation is 1. The molecule has 0 aliphatic rings. The van der Waals surface area contributed by atoms with Crippen molar-refractivity contribution in [3.8, 4) is 5.75 Å². The molecule has 1 aromatic carbocycles. The molecule has 0 saturated carbocycles. The van der Waals surface area contributed by atoms with Gasteiger partial charge in [0.25, 0.3) is 0 Å². The molecule has 2 rings (SSSR count). The molecule has 0 bridgehead atoms. The molecule has 0 spiro atoms. The maximum absolute atomic E-state index is 10.5. The number of anilines is 1. The van der Waals surface area contributed by atoms with E-state index in [-0.39, 0.29) is 5.75 Å². The average Bonchev–Trinajstić information content (AvgIpc) is 2.89. The second-order valence-electron chi connectivity index (χ2n) is 4.15. The van der Waals surface area contributed by atoms with E-state index in [1.54, 1.807) is 0 Å². The number of benzene rings is 1. The van der Waals surface area contributed by atoms with Gasteiger partial charge < -0.3 is 15.2 Å². The summed E-state index contributed by atoms with van der Waals surface area (Å²) in [5.74, 6) is -0.0338. The van der Waals surface area contributed by atoms with Crippen molar-refractivity contribution in [1.29, 1.82) is 0 Å². The number of thioether (sulfide) groups is 1. The van der Waals surface area contributed by atoms with E-state index in [1.165, 1.54) is 11.3 Å². The van der Waals surface area contributed by atoms with Gasteiger partial charge in [0.2, 0.25) is 5.13 Å². The molecule has 1 aromatic heterocycles. The summed E-state index contributed by atoms with van der Waals surface area (Å²) in [6.07, 6.45) is 0. The molecular weight excluding hydrogens is 310 g/mol. The topological polar surface area (TPSA) is 84.3 Å². The normalized spacial score (nSPS) is 10.3. The third-order valence-electron chi connectivity index (χ3n) is 2.36. The number of nitrogens with zero attached hydrogens (tertiary/aromatic N) is 2. The van der Waals surface area contributed by atoms with Crippen LogP contribution in [0, 0.1) is 6.92 Å². The number of nitrogens with one attached hydrogen (secondary N) is 1. The zero-order chi connectivity index (χ0) is 15.1. The van der Waals surface area contributed by atoms with Gasteiger partial charge in [0.05, 0.1) is 12.3 Å². The summed E-state index contributed by atoms with van der Waals surface area (Å²) in [4.78, 5) is 10.5. The highest BCUT2D eigenvalue weighted by atomic mass is 32.2. The van der Waals surface area contributed by atoms with E-state index in [0.717, 1.165) is 23.1 Å². The van der Waals surface area contributed by atoms with E-state index in [1.807, 2.05) is 31.2 Å². The fraction of sp³-hybridized carbons (Fsp3) is 0.308. The Labute approximate surface area is 130 Å². The van der Waals surface area contributed by atoms with Gasteiger partial charge in [-0.1, -0.05) is 35.2 Å². The summed E-state index contributed by atoms with van der Waals surface area (Å²) >= 11 is 2.50. The van der Waals surface area contributed by atoms with Crippen LogP contribution in [0.15, 0.2) is 28.6 Å². The summed E-state index contributed by atoms with van der Waals surface area (Å²) in [5, 5.41) is 20.2. The van der Waals surface area contributed by atoms with E-state index in [0.29, 0.717) is 22.6 Å². The van der Waals surface area contributed by atoms with Gasteiger partial charge in [0, 0.05) is 0 Å². The zero-order valence-corrected chi connectivity index (χ0v) is 13.0. The first kappa shape index (κ1) is 15.6. The molecule has 0 fully saturated rings. The molecule has 0 amide bonds. The quantitative estimate of drug-likeness (QED) is 0.570. The Balaban J connectivity index is 1.70. The largest absolute Gasteiger partial charge is 0.492 e. The van der Waals surface area contributed by atoms with Crippen molar-refractivity contribution in [3.05, 3.63) is 29.8 Å². The number of hydrogen-bond acceptors (Lipinski definition) is 7. The second-order valence-corrected chi connectivity index (χ2v) is 6.35. The molecule has 1 heterocycles. The van der Waals surface area contributed by atoms with Crippen LogP contribution >= 0.6 is 23.1 Å². The maximum atomic E-state index is 10.5. The Kier molecular flexibility index (Phi) is 5.82. The highest BCUT2D eigenvalue weighted by molar-refractivity contribution is 8.01. The molecule has 0 atom stereocenters. The van der Waals surface area contributed by atoms with Crippen molar-refractivity contribution in [2.75, 3.05) is 24.2 Å². The molecule has 0 saturated heterocycles. The van der Waals surface area contributed by atoms with Gasteiger partial charge in [-0.15, -0.1) is 10.2 Å². The van der Waals surface area contributed by atoms with E-state index in [9.17, 15) is 4.79 Å². The Morgan fingerprint density at radius 2 is 2.33 bits per heavy atom. The van der Waals surface area contributed by atoms with Crippen LogP contribution in [0.2, 0.25) is 0 Å². The molecule has 8 heteroatoms. The Hall–Kier alpha value is -1.80. The summed E-state index contributed by atoms with van der Waals surface area (Å²) in [6, 6.07) is 7.86. The molecule has 0 radical (unpaired) electrons. The number of hydrogen-bond donors (Lipinski definition) is 2. The SMILES string of the molecule is Cc1cccc(OCCNc2nnc(SCC(=O)O)s2)c1. The van der Waals surface area contributed by atoms with Crippen LogP contribution in [0.1, 0.15) is 5.56 Å². The van der Waals surface area contributed by atoms with Gasteiger partial charge in [0.15, 0.2) is 4.34 Å². The van der Waals surface area contributed by atoms with Crippen LogP contribution in [-0.2, 0) is 4.79 Å². The fourth-order valence-corrected chi connectivity index (χ4v) is 2.99. The summed E-state index contributed by atoms with van der Waals surface area (Å²) in [7, 11) is 0. The van der Waals surface area contributed by atoms with Crippen molar-refractivity contribution in [3.63, 3.8) is 0 Å². The number of aromatic nitrogens is 2. The van der Waals surface area contributed by atoms with Crippen LogP contribution in [0.5, 0.6) is 5.75 Å². The molecule has 21 heavy (non-hydrogen) atoms. The van der Waals surface area contributed by atoms with Crippen molar-refractivity contribution in [2.45, 2.75) is 11.3 Å². The first-order valence-electron chi connectivity index (χ1n) is 6.25. The van der Waals surface area contributed by atoms with Gasteiger partial charge in [0.1, 0.15) is 12.4 Å². The number of carboxylic acid groups (broad SMARTS) is 1. The number of carboxylic acids is 1. The highest BCUT2D eigenvalue weighted by Crippen LogP contribution is 2.25. The van der Waals surface area contributed by atoms with E-state index in [2.05, 4.69) is 15.5 Å². The minimum absolute atomic E-state index is 0.00883. The predicted octanol–water partition coefficient (Wildman–Crippen LogP) is 2.51. The van der Waals surface area contributed by atoms with Gasteiger partial charge >= 0.3 is 5.97 Å². The van der Waals surface area contributed by atoms with E-state index >= 15 is 0 Å². The van der Waals surface area contributed by atoms with Crippen molar-refractivity contribution in [2.24, 2.45) is 0 Å². The molecule has 0 aliphatic carbocycles. The minimum Gasteiger partial charge on any atom is -0.492 e. The van der Waals surface area contributed by atoms with Crippen molar-refractivity contribution < 1.29 is 14.6 Å². The number of rotatable bonds is 8. The van der Waals surface area contributed by atoms with Crippen LogP contribution in [0.4, 0.5) is 5.13 Å². The lowest BCUT2D eigenvalue weighted by atomic mass is 10.2. The summed E-state index contributed by atoms with van der Waals surface area (Å²) in [5.41, 5.74) is 1.16. The monoisotopic (exact) mass is 325 g/mol. The van der Waals surface area contributed by atoms with E-state index in [4.69, 9.17) is 9.84 Å². The smallest absolute Gasteiger partial charge is 0.313 e. The Bertz CT molecular complexity index is 604. The third kappa shape index (κ3) is 5.60. The molecule has 2 N–H and O–H groups in total. The molecule has 0 unspecified atom stereocenters. The predicted molar refractivity (Wildman–Crippen MR) is 83.4 cm³/mol. The lowest BCUT2D eigenvalue weighted by molar-refractivity contribution is -0.133. The molecule has 2 aromatic rings. The van der Waals surface area contributed by atoms with Gasteiger partial charge in [-0.3, -0.25) is 4.79 Å². The average molecular weight is 325 g/mol. The molecule has 6 nitrogen and oxygen atoms in total. The van der Waals surface area contributed by atoms with Crippen LogP contribution in [0.3, 0.4) is 0 Å². The van der Waals surface area contributed by atoms with Crippen LogP contribution in [-0.4, -0.2) is 40.2 Å². The van der Waals surface area contributed by atoms with Crippen molar-refractivity contribution >= 4 is 34.2 Å². The molecular formula is C13H15N3O3S2. The first-order valence-corrected chi connectivity index (χ1v) is 8.05. The Morgan fingerprint density at radius 1 is 1.48 bits per heavy atom. The highest BCUT2D eigenvalue weighted by Gasteiger charge is 2.06. The Morgan fingerprint density at radius 3 is 3.10 bits per heavy atom. The number of ether oxygens (including phenoxy) is 1. The minimum atomic E-state index is -0.865. The zero-order valence-electron chi connectivity index (χ0n) is 11.4. The number of aliphatic carboxylic acids is 1. The lowest BCUT2D eigenvalue weighted by Crippen LogP contribution is -2.11. The van der Waals surface area contributed by atoms with Gasteiger partial charge in [-0.2, -0.15) is 0 Å². The van der Waals surface area contributed by atoms with Crippen LogP contribution in [0.25, 0.3) is 0 Å². The number of carbonyl (C=O) groups is 1. The van der Waals surface area contributed by atoms with E-state index < -0.39 is 5.97 Å². The second kappa shape index (κ2) is 7.84. The molecule has 0 aliphatic heterocycles. The fourth-order valence-electron chi connectivity index (χ4n) is 1.49. The first-order chi connectivity index (χ1) is 10.1. The standard InChI is InChI=1S/C13H15N3O3S2/c1-9-3-2-4-10(7-9)19-6-5-14-12-15-16-13(21-12)20-8-11(17)18/h2-4,7H,5-6,8H2,1H3,(H,14,15)(H,17,18).